The van der Waals surface area contributed by atoms with E-state index in [1.54, 1.807) is 24.3 Å². The monoisotopic (exact) mass is 190 g/mol. The predicted octanol–water partition coefficient (Wildman–Crippen LogP) is 2.15. The highest BCUT2D eigenvalue weighted by Gasteiger charge is 2.27. The fourth-order valence-corrected chi connectivity index (χ4v) is 1.61. The van der Waals surface area contributed by atoms with E-state index in [2.05, 4.69) is 12.2 Å². The fourth-order valence-electron chi connectivity index (χ4n) is 1.39. The van der Waals surface area contributed by atoms with Crippen molar-refractivity contribution < 1.29 is 9.90 Å². The molecule has 0 aliphatic heterocycles. The number of thiocarbonyl (C=S) groups is 1. The zero-order chi connectivity index (χ0) is 9.42. The lowest BCUT2D eigenvalue weighted by Crippen LogP contribution is -1.98. The number of carbonyl (C=O) groups excluding carboxylic acids is 1. The van der Waals surface area contributed by atoms with Crippen LogP contribution in [0.25, 0.3) is 5.76 Å². The summed E-state index contributed by atoms with van der Waals surface area (Å²) in [6.07, 6.45) is 0. The molecule has 1 aliphatic carbocycles. The first kappa shape index (κ1) is 8.13. The second kappa shape index (κ2) is 2.78. The topological polar surface area (TPSA) is 37.3 Å². The third kappa shape index (κ3) is 1.01. The first-order valence-electron chi connectivity index (χ1n) is 3.78. The normalized spacial score (nSPS) is 14.6. The van der Waals surface area contributed by atoms with Crippen LogP contribution in [0.5, 0.6) is 0 Å². The van der Waals surface area contributed by atoms with E-state index < -0.39 is 0 Å². The predicted molar refractivity (Wildman–Crippen MR) is 54.0 cm³/mol. The molecule has 0 saturated heterocycles. The molecule has 0 heterocycles. The van der Waals surface area contributed by atoms with Crippen molar-refractivity contribution in [2.45, 2.75) is 0 Å². The summed E-state index contributed by atoms with van der Waals surface area (Å²) in [5.41, 5.74) is 1.32. The fraction of sp³-hybridized carbons (Fsp3) is 0. The summed E-state index contributed by atoms with van der Waals surface area (Å²) in [6.45, 7) is 0. The third-order valence-electron chi connectivity index (χ3n) is 2.04. The van der Waals surface area contributed by atoms with Gasteiger partial charge in [0, 0.05) is 16.5 Å². The second-order valence-corrected chi connectivity index (χ2v) is 2.99. The summed E-state index contributed by atoms with van der Waals surface area (Å²) in [6, 6.07) is 6.92. The van der Waals surface area contributed by atoms with Crippen molar-refractivity contribution in [1.82, 2.24) is 0 Å². The van der Waals surface area contributed by atoms with Crippen LogP contribution in [0.1, 0.15) is 15.9 Å². The van der Waals surface area contributed by atoms with Crippen LogP contribution in [-0.4, -0.2) is 16.3 Å². The van der Waals surface area contributed by atoms with Crippen molar-refractivity contribution in [2.24, 2.45) is 0 Å². The summed E-state index contributed by atoms with van der Waals surface area (Å²) in [5.74, 6) is -0.196. The molecule has 13 heavy (non-hydrogen) atoms. The van der Waals surface area contributed by atoms with E-state index in [1.165, 1.54) is 5.37 Å². The lowest BCUT2D eigenvalue weighted by molar-refractivity contribution is 0.104. The van der Waals surface area contributed by atoms with Gasteiger partial charge < -0.3 is 5.11 Å². The number of aliphatic hydroxyl groups is 1. The van der Waals surface area contributed by atoms with Crippen LogP contribution in [-0.2, 0) is 0 Å². The van der Waals surface area contributed by atoms with Crippen LogP contribution in [0.15, 0.2) is 29.8 Å². The van der Waals surface area contributed by atoms with Gasteiger partial charge in [0.2, 0.25) is 0 Å². The number of benzene rings is 1. The van der Waals surface area contributed by atoms with E-state index >= 15 is 0 Å². The third-order valence-corrected chi connectivity index (χ3v) is 2.28. The van der Waals surface area contributed by atoms with E-state index in [0.29, 0.717) is 11.1 Å². The van der Waals surface area contributed by atoms with Gasteiger partial charge in [0.15, 0.2) is 5.78 Å². The standard InChI is InChI=1S/C10H6O2S/c11-9-6-3-1-2-4-7(6)10(12)8(9)5-13/h1-5,11H. The maximum Gasteiger partial charge on any atom is 0.198 e. The highest BCUT2D eigenvalue weighted by molar-refractivity contribution is 7.79. The molecular weight excluding hydrogens is 184 g/mol. The average molecular weight is 190 g/mol. The zero-order valence-corrected chi connectivity index (χ0v) is 7.47. The van der Waals surface area contributed by atoms with Crippen LogP contribution >= 0.6 is 12.2 Å². The molecule has 2 rings (SSSR count). The number of allylic oxidation sites excluding steroid dienone is 1. The Morgan fingerprint density at radius 2 is 1.85 bits per heavy atom. The van der Waals surface area contributed by atoms with Crippen molar-refractivity contribution in [3.05, 3.63) is 41.0 Å². The number of rotatable bonds is 1. The van der Waals surface area contributed by atoms with Gasteiger partial charge >= 0.3 is 0 Å². The molecule has 0 spiro atoms. The highest BCUT2D eigenvalue weighted by atomic mass is 32.1. The molecule has 1 aromatic carbocycles. The minimum absolute atomic E-state index is 0.00407. The molecule has 0 atom stereocenters. The summed E-state index contributed by atoms with van der Waals surface area (Å²) in [4.78, 5) is 11.5. The molecule has 64 valence electrons. The highest BCUT2D eigenvalue weighted by Crippen LogP contribution is 2.29. The van der Waals surface area contributed by atoms with Gasteiger partial charge in [-0.15, -0.1) is 0 Å². The van der Waals surface area contributed by atoms with Gasteiger partial charge in [-0.1, -0.05) is 36.5 Å². The van der Waals surface area contributed by atoms with Gasteiger partial charge in [-0.2, -0.15) is 0 Å². The first-order chi connectivity index (χ1) is 6.25. The number of fused-ring (bicyclic) bond motifs is 1. The smallest absolute Gasteiger partial charge is 0.198 e. The van der Waals surface area contributed by atoms with E-state index in [-0.39, 0.29) is 17.1 Å². The molecule has 0 radical (unpaired) electrons. The number of hydrogen-bond donors (Lipinski definition) is 1. The van der Waals surface area contributed by atoms with Crippen LogP contribution in [0.4, 0.5) is 0 Å². The van der Waals surface area contributed by atoms with Gasteiger partial charge in [-0.3, -0.25) is 4.79 Å². The molecule has 0 aromatic heterocycles. The van der Waals surface area contributed by atoms with Gasteiger partial charge in [0.25, 0.3) is 0 Å². The first-order valence-corrected chi connectivity index (χ1v) is 4.25. The average Bonchev–Trinajstić information content (AvgIpc) is 2.41. The van der Waals surface area contributed by atoms with Crippen LogP contribution < -0.4 is 0 Å². The molecule has 1 N–H and O–H groups in total. The SMILES string of the molecule is O=C1C(C=S)=C(O)c2ccccc21. The van der Waals surface area contributed by atoms with Crippen molar-refractivity contribution >= 4 is 29.1 Å². The maximum atomic E-state index is 11.5. The van der Waals surface area contributed by atoms with Crippen molar-refractivity contribution in [3.8, 4) is 0 Å². The Bertz CT molecular complexity index is 432. The number of ketones is 1. The Morgan fingerprint density at radius 3 is 2.38 bits per heavy atom. The summed E-state index contributed by atoms with van der Waals surface area (Å²) < 4.78 is 0. The number of carbonyl (C=O) groups is 1. The van der Waals surface area contributed by atoms with Crippen molar-refractivity contribution in [1.29, 1.82) is 0 Å². The quantitative estimate of drug-likeness (QED) is 0.689. The van der Waals surface area contributed by atoms with E-state index in [4.69, 9.17) is 0 Å². The zero-order valence-electron chi connectivity index (χ0n) is 6.65. The molecule has 0 saturated carbocycles. The Morgan fingerprint density at radius 1 is 1.23 bits per heavy atom. The largest absolute Gasteiger partial charge is 0.506 e. The molecular formula is C10H6O2S. The van der Waals surface area contributed by atoms with Gasteiger partial charge in [-0.05, 0) is 0 Å². The number of hydrogen-bond acceptors (Lipinski definition) is 3. The van der Waals surface area contributed by atoms with Gasteiger partial charge in [0.05, 0.1) is 5.57 Å². The van der Waals surface area contributed by atoms with Gasteiger partial charge in [0.1, 0.15) is 5.76 Å². The molecule has 0 bridgehead atoms. The molecule has 0 fully saturated rings. The Kier molecular flexibility index (Phi) is 1.74. The molecule has 1 aliphatic rings. The Balaban J connectivity index is 2.71. The Labute approximate surface area is 80.5 Å². The molecule has 0 amide bonds. The van der Waals surface area contributed by atoms with E-state index in [9.17, 15) is 9.90 Å². The number of aliphatic hydroxyl groups excluding tert-OH is 1. The summed E-state index contributed by atoms with van der Waals surface area (Å²) in [7, 11) is 0. The number of Topliss-reactive ketones (excluding diaryl/α,β-unsaturated/α-hetero) is 1. The van der Waals surface area contributed by atoms with Crippen LogP contribution in [0.3, 0.4) is 0 Å². The van der Waals surface area contributed by atoms with Crippen molar-refractivity contribution in [2.75, 3.05) is 0 Å². The molecule has 2 nitrogen and oxygen atoms in total. The summed E-state index contributed by atoms with van der Waals surface area (Å²) in [5, 5.41) is 10.8. The molecule has 3 heteroatoms. The lowest BCUT2D eigenvalue weighted by Gasteiger charge is -1.95. The van der Waals surface area contributed by atoms with E-state index in [0.717, 1.165) is 0 Å². The minimum atomic E-state index is -0.192. The van der Waals surface area contributed by atoms with Gasteiger partial charge in [-0.25, -0.2) is 0 Å². The Hall–Kier alpha value is -1.48. The lowest BCUT2D eigenvalue weighted by atomic mass is 10.1. The van der Waals surface area contributed by atoms with E-state index in [1.807, 2.05) is 0 Å². The van der Waals surface area contributed by atoms with Crippen LogP contribution in [0.2, 0.25) is 0 Å². The van der Waals surface area contributed by atoms with Crippen LogP contribution in [0, 0.1) is 0 Å². The second-order valence-electron chi connectivity index (χ2n) is 2.75. The molecule has 1 aromatic rings. The maximum absolute atomic E-state index is 11.5. The minimum Gasteiger partial charge on any atom is -0.506 e. The molecule has 0 unspecified atom stereocenters. The van der Waals surface area contributed by atoms with Crippen molar-refractivity contribution in [3.63, 3.8) is 0 Å². The summed E-state index contributed by atoms with van der Waals surface area (Å²) >= 11 is 4.65.